The molecule has 2 aromatic carbocycles. The number of fused-ring (bicyclic) bond motifs is 1. The van der Waals surface area contributed by atoms with Crippen molar-refractivity contribution in [1.82, 2.24) is 14.4 Å². The van der Waals surface area contributed by atoms with E-state index in [-0.39, 0.29) is 0 Å². The first-order valence-electron chi connectivity index (χ1n) is 11.2. The molecular formula is C26H37N3O3. The van der Waals surface area contributed by atoms with E-state index in [1.54, 1.807) is 7.11 Å². The zero-order valence-corrected chi connectivity index (χ0v) is 20.3. The van der Waals surface area contributed by atoms with Crippen molar-refractivity contribution >= 4 is 10.9 Å². The van der Waals surface area contributed by atoms with E-state index in [1.165, 1.54) is 22.2 Å². The number of hydrogen-bond acceptors (Lipinski definition) is 5. The lowest BCUT2D eigenvalue weighted by molar-refractivity contribution is 0.108. The Morgan fingerprint density at radius 3 is 2.50 bits per heavy atom. The molecule has 3 aromatic rings. The second-order valence-electron chi connectivity index (χ2n) is 8.83. The number of rotatable bonds is 11. The summed E-state index contributed by atoms with van der Waals surface area (Å²) in [5, 5.41) is 12.1. The number of aliphatic hydroxyl groups is 1. The van der Waals surface area contributed by atoms with E-state index in [4.69, 9.17) is 9.47 Å². The number of methoxy groups -OCH3 is 1. The summed E-state index contributed by atoms with van der Waals surface area (Å²) in [7, 11) is 7.74. The molecule has 1 unspecified atom stereocenters. The predicted molar refractivity (Wildman–Crippen MR) is 131 cm³/mol. The average Bonchev–Trinajstić information content (AvgIpc) is 2.99. The zero-order chi connectivity index (χ0) is 23.3. The topological polar surface area (TPSA) is 50.1 Å². The van der Waals surface area contributed by atoms with Gasteiger partial charge in [0, 0.05) is 36.2 Å². The maximum absolute atomic E-state index is 10.8. The van der Waals surface area contributed by atoms with Gasteiger partial charge in [-0.15, -0.1) is 0 Å². The Hall–Kier alpha value is -2.54. The van der Waals surface area contributed by atoms with E-state index in [0.717, 1.165) is 30.2 Å². The van der Waals surface area contributed by atoms with Gasteiger partial charge < -0.3 is 24.0 Å². The molecular weight excluding hydrogens is 402 g/mol. The van der Waals surface area contributed by atoms with Gasteiger partial charge >= 0.3 is 0 Å². The van der Waals surface area contributed by atoms with Gasteiger partial charge in [0.05, 0.1) is 19.8 Å². The third-order valence-corrected chi connectivity index (χ3v) is 5.94. The van der Waals surface area contributed by atoms with Crippen LogP contribution in [-0.2, 0) is 13.1 Å². The lowest BCUT2D eigenvalue weighted by Gasteiger charge is -2.22. The van der Waals surface area contributed by atoms with Gasteiger partial charge in [0.25, 0.3) is 0 Å². The number of para-hydroxylation sites is 1. The predicted octanol–water partition coefficient (Wildman–Crippen LogP) is 3.70. The monoisotopic (exact) mass is 439 g/mol. The second-order valence-corrected chi connectivity index (χ2v) is 8.83. The molecule has 1 atom stereocenters. The second kappa shape index (κ2) is 10.9. The molecule has 0 aliphatic carbocycles. The third-order valence-electron chi connectivity index (χ3n) is 5.94. The van der Waals surface area contributed by atoms with Crippen LogP contribution in [0.15, 0.2) is 42.5 Å². The highest BCUT2D eigenvalue weighted by Crippen LogP contribution is 2.29. The van der Waals surface area contributed by atoms with Crippen LogP contribution in [0.1, 0.15) is 16.8 Å². The molecule has 0 bridgehead atoms. The Balaban J connectivity index is 1.61. The van der Waals surface area contributed by atoms with Gasteiger partial charge in [0.15, 0.2) is 11.5 Å². The summed E-state index contributed by atoms with van der Waals surface area (Å²) in [5.41, 5.74) is 4.79. The highest BCUT2D eigenvalue weighted by molar-refractivity contribution is 5.85. The highest BCUT2D eigenvalue weighted by Gasteiger charge is 2.16. The standard InChI is InChI=1S/C26H37N3O3/c1-19-20(2)29(24-10-8-7-9-23(19)24)18-22(30)17-28(5)16-21-11-12-25(26(15-21)31-6)32-14-13-27(3)4/h7-12,15,22,30H,13-14,16-18H2,1-6H3. The number of hydrogen-bond donors (Lipinski definition) is 1. The quantitative estimate of drug-likeness (QED) is 0.494. The molecule has 0 fully saturated rings. The van der Waals surface area contributed by atoms with Crippen LogP contribution < -0.4 is 9.47 Å². The molecule has 0 aliphatic heterocycles. The maximum Gasteiger partial charge on any atom is 0.161 e. The number of aromatic nitrogens is 1. The molecule has 3 rings (SSSR count). The maximum atomic E-state index is 10.8. The van der Waals surface area contributed by atoms with Gasteiger partial charge in [-0.05, 0) is 64.3 Å². The number of aliphatic hydroxyl groups excluding tert-OH is 1. The normalized spacial score (nSPS) is 12.7. The van der Waals surface area contributed by atoms with Gasteiger partial charge in [0.2, 0.25) is 0 Å². The van der Waals surface area contributed by atoms with E-state index in [2.05, 4.69) is 58.5 Å². The largest absolute Gasteiger partial charge is 0.493 e. The summed E-state index contributed by atoms with van der Waals surface area (Å²) in [6.07, 6.45) is -0.468. The summed E-state index contributed by atoms with van der Waals surface area (Å²) in [6, 6.07) is 14.4. The third kappa shape index (κ3) is 5.82. The Morgan fingerprint density at radius 1 is 1.03 bits per heavy atom. The van der Waals surface area contributed by atoms with Crippen molar-refractivity contribution in [1.29, 1.82) is 0 Å². The lowest BCUT2D eigenvalue weighted by Crippen LogP contribution is -2.32. The molecule has 0 spiro atoms. The van der Waals surface area contributed by atoms with Gasteiger partial charge in [-0.1, -0.05) is 24.3 Å². The summed E-state index contributed by atoms with van der Waals surface area (Å²) < 4.78 is 13.6. The number of likely N-dealkylation sites (N-methyl/N-ethyl adjacent to an activating group) is 2. The molecule has 174 valence electrons. The fourth-order valence-electron chi connectivity index (χ4n) is 4.11. The first-order chi connectivity index (χ1) is 15.3. The van der Waals surface area contributed by atoms with Crippen molar-refractivity contribution in [2.75, 3.05) is 47.9 Å². The van der Waals surface area contributed by atoms with Crippen molar-refractivity contribution in [2.24, 2.45) is 0 Å². The molecule has 6 heteroatoms. The average molecular weight is 440 g/mol. The van der Waals surface area contributed by atoms with Crippen molar-refractivity contribution in [2.45, 2.75) is 33.0 Å². The van der Waals surface area contributed by atoms with Crippen LogP contribution in [-0.4, -0.2) is 73.5 Å². The summed E-state index contributed by atoms with van der Waals surface area (Å²) in [5.74, 6) is 1.49. The van der Waals surface area contributed by atoms with E-state index >= 15 is 0 Å². The highest BCUT2D eigenvalue weighted by atomic mass is 16.5. The van der Waals surface area contributed by atoms with E-state index in [9.17, 15) is 5.11 Å². The van der Waals surface area contributed by atoms with Crippen LogP contribution in [0.2, 0.25) is 0 Å². The van der Waals surface area contributed by atoms with E-state index in [0.29, 0.717) is 19.7 Å². The Labute approximate surface area is 192 Å². The molecule has 0 saturated carbocycles. The SMILES string of the molecule is COc1cc(CN(C)CC(O)Cn2c(C)c(C)c3ccccc32)ccc1OCCN(C)C. The first-order valence-corrected chi connectivity index (χ1v) is 11.2. The molecule has 0 amide bonds. The van der Waals surface area contributed by atoms with E-state index < -0.39 is 6.10 Å². The van der Waals surface area contributed by atoms with Crippen molar-refractivity contribution < 1.29 is 14.6 Å². The van der Waals surface area contributed by atoms with Crippen LogP contribution in [0.5, 0.6) is 11.5 Å². The molecule has 6 nitrogen and oxygen atoms in total. The van der Waals surface area contributed by atoms with Gasteiger partial charge in [0.1, 0.15) is 6.61 Å². The fraction of sp³-hybridized carbons (Fsp3) is 0.462. The number of nitrogens with zero attached hydrogens (tertiary/aromatic N) is 3. The minimum absolute atomic E-state index is 0.468. The molecule has 0 radical (unpaired) electrons. The molecule has 0 saturated heterocycles. The summed E-state index contributed by atoms with van der Waals surface area (Å²) in [6.45, 7) is 7.61. The van der Waals surface area contributed by atoms with Crippen LogP contribution in [0, 0.1) is 13.8 Å². The zero-order valence-electron chi connectivity index (χ0n) is 20.3. The Morgan fingerprint density at radius 2 is 1.78 bits per heavy atom. The van der Waals surface area contributed by atoms with Gasteiger partial charge in [-0.2, -0.15) is 0 Å². The molecule has 0 aliphatic rings. The van der Waals surface area contributed by atoms with Crippen LogP contribution in [0.3, 0.4) is 0 Å². The molecule has 1 N–H and O–H groups in total. The van der Waals surface area contributed by atoms with Crippen molar-refractivity contribution in [3.05, 3.63) is 59.3 Å². The molecule has 1 heterocycles. The molecule has 32 heavy (non-hydrogen) atoms. The van der Waals surface area contributed by atoms with Crippen LogP contribution in [0.4, 0.5) is 0 Å². The van der Waals surface area contributed by atoms with Crippen molar-refractivity contribution in [3.8, 4) is 11.5 Å². The van der Waals surface area contributed by atoms with Crippen molar-refractivity contribution in [3.63, 3.8) is 0 Å². The summed E-state index contributed by atoms with van der Waals surface area (Å²) in [4.78, 5) is 4.22. The minimum Gasteiger partial charge on any atom is -0.493 e. The Kier molecular flexibility index (Phi) is 8.18. The van der Waals surface area contributed by atoms with E-state index in [1.807, 2.05) is 33.3 Å². The van der Waals surface area contributed by atoms with Gasteiger partial charge in [-0.25, -0.2) is 0 Å². The number of benzene rings is 2. The van der Waals surface area contributed by atoms with Crippen LogP contribution >= 0.6 is 0 Å². The Bertz CT molecular complexity index is 1030. The lowest BCUT2D eigenvalue weighted by atomic mass is 10.2. The first kappa shape index (κ1) is 24.1. The fourth-order valence-corrected chi connectivity index (χ4v) is 4.11. The smallest absolute Gasteiger partial charge is 0.161 e. The molecule has 1 aromatic heterocycles. The minimum atomic E-state index is -0.468. The number of ether oxygens (including phenoxy) is 2. The van der Waals surface area contributed by atoms with Gasteiger partial charge in [-0.3, -0.25) is 4.90 Å². The summed E-state index contributed by atoms with van der Waals surface area (Å²) >= 11 is 0. The van der Waals surface area contributed by atoms with Crippen LogP contribution in [0.25, 0.3) is 10.9 Å². The number of aryl methyl sites for hydroxylation is 1.